The molecule has 2 heterocycles. The fourth-order valence-corrected chi connectivity index (χ4v) is 4.28. The molecule has 4 N–H and O–H groups in total. The van der Waals surface area contributed by atoms with Gasteiger partial charge in [-0.3, -0.25) is 4.79 Å². The Kier molecular flexibility index (Phi) is 5.87. The van der Waals surface area contributed by atoms with Crippen molar-refractivity contribution in [2.75, 3.05) is 18.0 Å². The number of primary amides is 1. The molecular weight excluding hydrogens is 421 g/mol. The first kappa shape index (κ1) is 20.9. The minimum Gasteiger partial charge on any atom is -0.364 e. The smallest absolute Gasteiger partial charge is 0.268 e. The summed E-state index contributed by atoms with van der Waals surface area (Å²) >= 11 is 12.5. The highest BCUT2D eigenvalue weighted by atomic mass is 35.5. The molecule has 0 radical (unpaired) electrons. The summed E-state index contributed by atoms with van der Waals surface area (Å²) in [5, 5.41) is 0.731. The summed E-state index contributed by atoms with van der Waals surface area (Å²) < 4.78 is 0. The summed E-state index contributed by atoms with van der Waals surface area (Å²) in [6.45, 7) is 3.27. The number of anilines is 1. The third kappa shape index (κ3) is 3.46. The first-order chi connectivity index (χ1) is 12.9. The lowest BCUT2D eigenvalue weighted by atomic mass is 10.0. The lowest BCUT2D eigenvalue weighted by Gasteiger charge is -2.20. The van der Waals surface area contributed by atoms with E-state index in [9.17, 15) is 4.79 Å². The number of fused-ring (bicyclic) bond motifs is 1. The second kappa shape index (κ2) is 7.87. The summed E-state index contributed by atoms with van der Waals surface area (Å²) in [4.78, 5) is 23.3. The van der Waals surface area contributed by atoms with E-state index in [4.69, 9.17) is 34.7 Å². The van der Waals surface area contributed by atoms with Gasteiger partial charge in [-0.2, -0.15) is 0 Å². The predicted molar refractivity (Wildman–Crippen MR) is 114 cm³/mol. The lowest BCUT2D eigenvalue weighted by Crippen LogP contribution is -2.31. The van der Waals surface area contributed by atoms with Gasteiger partial charge >= 0.3 is 0 Å². The highest BCUT2D eigenvalue weighted by molar-refractivity contribution is 6.43. The van der Waals surface area contributed by atoms with Gasteiger partial charge in [-0.1, -0.05) is 41.4 Å². The highest BCUT2D eigenvalue weighted by Crippen LogP contribution is 2.38. The molecule has 2 unspecified atom stereocenters. The molecule has 2 aliphatic rings. The first-order valence-corrected chi connectivity index (χ1v) is 9.44. The van der Waals surface area contributed by atoms with Crippen LogP contribution in [0.25, 0.3) is 11.1 Å². The van der Waals surface area contributed by atoms with Crippen LogP contribution in [-0.2, 0) is 0 Å². The van der Waals surface area contributed by atoms with E-state index >= 15 is 0 Å². The quantitative estimate of drug-likeness (QED) is 0.713. The van der Waals surface area contributed by atoms with Gasteiger partial charge in [0.2, 0.25) is 5.95 Å². The van der Waals surface area contributed by atoms with Crippen LogP contribution >= 0.6 is 35.6 Å². The van der Waals surface area contributed by atoms with Crippen LogP contribution in [-0.4, -0.2) is 35.0 Å². The number of aromatic nitrogens is 2. The van der Waals surface area contributed by atoms with Gasteiger partial charge in [-0.05, 0) is 25.0 Å². The number of aryl methyl sites for hydroxylation is 1. The third-order valence-corrected chi connectivity index (χ3v) is 6.07. The van der Waals surface area contributed by atoms with Crippen LogP contribution in [0.5, 0.6) is 0 Å². The molecule has 2 atom stereocenters. The predicted octanol–water partition coefficient (Wildman–Crippen LogP) is 3.37. The molecule has 1 fully saturated rings. The van der Waals surface area contributed by atoms with Gasteiger partial charge in [-0.15, -0.1) is 12.4 Å². The van der Waals surface area contributed by atoms with E-state index < -0.39 is 5.91 Å². The average molecular weight is 441 g/mol. The van der Waals surface area contributed by atoms with Crippen molar-refractivity contribution in [1.82, 2.24) is 9.97 Å². The molecule has 2 aromatic rings. The number of hydrogen-bond acceptors (Lipinski definition) is 5. The van der Waals surface area contributed by atoms with Crippen LogP contribution in [0.4, 0.5) is 5.95 Å². The van der Waals surface area contributed by atoms with E-state index in [2.05, 4.69) is 16.0 Å². The number of amides is 1. The molecule has 1 amide bonds. The second-order valence-electron chi connectivity index (χ2n) is 6.96. The van der Waals surface area contributed by atoms with Crippen LogP contribution in [0.15, 0.2) is 29.8 Å². The van der Waals surface area contributed by atoms with Crippen molar-refractivity contribution in [1.29, 1.82) is 0 Å². The number of carbonyl (C=O) groups is 1. The zero-order valence-corrected chi connectivity index (χ0v) is 17.5. The van der Waals surface area contributed by atoms with Crippen LogP contribution in [0.3, 0.4) is 0 Å². The summed E-state index contributed by atoms with van der Waals surface area (Å²) in [5.74, 6) is 0.154. The molecule has 1 saturated heterocycles. The molecule has 6 nitrogen and oxygen atoms in total. The van der Waals surface area contributed by atoms with Gasteiger partial charge in [0, 0.05) is 36.2 Å². The summed E-state index contributed by atoms with van der Waals surface area (Å²) in [7, 11) is 0. The fourth-order valence-electron chi connectivity index (χ4n) is 3.88. The van der Waals surface area contributed by atoms with Crippen LogP contribution in [0, 0.1) is 12.8 Å². The van der Waals surface area contributed by atoms with E-state index in [-0.39, 0.29) is 24.1 Å². The molecule has 4 rings (SSSR count). The lowest BCUT2D eigenvalue weighted by molar-refractivity contribution is 0.0996. The molecule has 0 saturated carbocycles. The normalized spacial score (nSPS) is 20.6. The van der Waals surface area contributed by atoms with Crippen molar-refractivity contribution in [3.05, 3.63) is 51.3 Å². The zero-order valence-electron chi connectivity index (χ0n) is 15.2. The van der Waals surface area contributed by atoms with Crippen molar-refractivity contribution < 1.29 is 4.79 Å². The van der Waals surface area contributed by atoms with E-state index in [1.807, 2.05) is 11.8 Å². The Morgan fingerprint density at radius 1 is 1.29 bits per heavy atom. The van der Waals surface area contributed by atoms with Crippen molar-refractivity contribution in [3.63, 3.8) is 0 Å². The van der Waals surface area contributed by atoms with Gasteiger partial charge in [-0.25, -0.2) is 9.97 Å². The largest absolute Gasteiger partial charge is 0.364 e. The molecule has 0 spiro atoms. The maximum Gasteiger partial charge on any atom is 0.268 e. The molecule has 1 aliphatic heterocycles. The minimum atomic E-state index is -0.636. The number of rotatable bonds is 3. The SMILES string of the molecule is Cc1nc(N2CC3=CCC(N)C3C2)nc(C(N)=O)c1-c1cccc(Cl)c1Cl.Cl. The van der Waals surface area contributed by atoms with Crippen LogP contribution in [0.2, 0.25) is 10.0 Å². The number of hydrogen-bond donors (Lipinski definition) is 2. The Balaban J connectivity index is 0.00000225. The Morgan fingerprint density at radius 3 is 2.71 bits per heavy atom. The minimum absolute atomic E-state index is 0. The number of nitrogens with two attached hydrogens (primary N) is 2. The van der Waals surface area contributed by atoms with E-state index in [1.165, 1.54) is 5.57 Å². The van der Waals surface area contributed by atoms with Gasteiger partial charge in [0.1, 0.15) is 5.69 Å². The molecule has 1 aromatic carbocycles. The monoisotopic (exact) mass is 439 g/mol. The molecule has 0 bridgehead atoms. The highest BCUT2D eigenvalue weighted by Gasteiger charge is 2.36. The molecular formula is C19H20Cl3N5O. The van der Waals surface area contributed by atoms with E-state index in [0.717, 1.165) is 13.0 Å². The Morgan fingerprint density at radius 2 is 2.04 bits per heavy atom. The van der Waals surface area contributed by atoms with Gasteiger partial charge in [0.05, 0.1) is 15.7 Å². The Bertz CT molecular complexity index is 978. The summed E-state index contributed by atoms with van der Waals surface area (Å²) in [6.07, 6.45) is 3.10. The maximum atomic E-state index is 12.2. The second-order valence-corrected chi connectivity index (χ2v) is 7.75. The standard InChI is InChI=1S/C19H19Cl2N5O.ClH/c1-9-15(11-3-2-4-13(20)16(11)21)17(18(23)27)25-19(24-9)26-7-10-5-6-14(22)12(10)8-26;/h2-5,12,14H,6-8,22H2,1H3,(H2,23,27);1H. The Labute approximate surface area is 179 Å². The summed E-state index contributed by atoms with van der Waals surface area (Å²) in [6, 6.07) is 5.35. The Hall–Kier alpha value is -1.86. The number of benzene rings is 1. The number of halogens is 3. The van der Waals surface area contributed by atoms with Crippen molar-refractivity contribution in [2.45, 2.75) is 19.4 Å². The summed E-state index contributed by atoms with van der Waals surface area (Å²) in [5.41, 5.74) is 15.0. The van der Waals surface area contributed by atoms with Crippen molar-refractivity contribution in [3.8, 4) is 11.1 Å². The van der Waals surface area contributed by atoms with E-state index in [1.54, 1.807) is 18.2 Å². The molecule has 1 aliphatic carbocycles. The van der Waals surface area contributed by atoms with Crippen LogP contribution in [0.1, 0.15) is 22.6 Å². The number of carbonyl (C=O) groups excluding carboxylic acids is 1. The van der Waals surface area contributed by atoms with Crippen molar-refractivity contribution >= 4 is 47.5 Å². The van der Waals surface area contributed by atoms with Gasteiger partial charge in [0.15, 0.2) is 0 Å². The fraction of sp³-hybridized carbons (Fsp3) is 0.316. The topological polar surface area (TPSA) is 98.1 Å². The van der Waals surface area contributed by atoms with Gasteiger partial charge in [0.25, 0.3) is 5.91 Å². The first-order valence-electron chi connectivity index (χ1n) is 8.69. The maximum absolute atomic E-state index is 12.2. The molecule has 1 aromatic heterocycles. The van der Waals surface area contributed by atoms with Crippen LogP contribution < -0.4 is 16.4 Å². The van der Waals surface area contributed by atoms with Gasteiger partial charge < -0.3 is 16.4 Å². The molecule has 28 heavy (non-hydrogen) atoms. The van der Waals surface area contributed by atoms with Crippen molar-refractivity contribution in [2.24, 2.45) is 17.4 Å². The number of nitrogens with zero attached hydrogens (tertiary/aromatic N) is 3. The molecule has 9 heteroatoms. The third-order valence-electron chi connectivity index (χ3n) is 5.25. The molecule has 148 valence electrons. The average Bonchev–Trinajstić information content (AvgIpc) is 3.19. The van der Waals surface area contributed by atoms with E-state index in [0.29, 0.717) is 45.3 Å². The zero-order chi connectivity index (χ0) is 19.3.